The normalized spacial score (nSPS) is 12.8. The fraction of sp³-hybridized carbons (Fsp3) is 0.125. The van der Waals surface area contributed by atoms with Gasteiger partial charge < -0.3 is 16.4 Å². The first kappa shape index (κ1) is 20.6. The summed E-state index contributed by atoms with van der Waals surface area (Å²) in [4.78, 5) is 29.2. The van der Waals surface area contributed by atoms with Crippen LogP contribution in [-0.4, -0.2) is 16.9 Å². The van der Waals surface area contributed by atoms with Crippen molar-refractivity contribution in [1.82, 2.24) is 4.98 Å². The first-order valence-corrected chi connectivity index (χ1v) is 10.6. The number of benzene rings is 3. The number of urea groups is 1. The fourth-order valence-corrected chi connectivity index (χ4v) is 4.59. The molecule has 156 valence electrons. The van der Waals surface area contributed by atoms with Gasteiger partial charge in [-0.05, 0) is 48.9 Å². The standard InChI is InChI=1S/C24H22N4O2S/c1-24(16-7-3-2-4-8-16,15-21-28-19-9-5-6-10-20(19)31-21)22(29)26-17-11-13-18(14-12-17)27-23(25)30/h2-14H,15H2,1H3,(H,26,29)(H3,25,27,30). The number of primary amides is 1. The molecule has 4 N–H and O–H groups in total. The zero-order valence-electron chi connectivity index (χ0n) is 17.0. The smallest absolute Gasteiger partial charge is 0.316 e. The van der Waals surface area contributed by atoms with E-state index in [0.717, 1.165) is 20.8 Å². The number of hydrogen-bond acceptors (Lipinski definition) is 4. The second kappa shape index (κ2) is 8.57. The number of fused-ring (bicyclic) bond motifs is 1. The molecule has 0 aliphatic rings. The third-order valence-electron chi connectivity index (χ3n) is 5.17. The van der Waals surface area contributed by atoms with E-state index in [4.69, 9.17) is 10.7 Å². The molecule has 0 spiro atoms. The van der Waals surface area contributed by atoms with Crippen LogP contribution in [0.4, 0.5) is 16.2 Å². The lowest BCUT2D eigenvalue weighted by Gasteiger charge is -2.28. The van der Waals surface area contributed by atoms with Gasteiger partial charge in [0, 0.05) is 17.8 Å². The minimum atomic E-state index is -0.820. The topological polar surface area (TPSA) is 97.1 Å². The number of nitrogens with one attached hydrogen (secondary N) is 2. The Labute approximate surface area is 184 Å². The summed E-state index contributed by atoms with van der Waals surface area (Å²) in [7, 11) is 0. The summed E-state index contributed by atoms with van der Waals surface area (Å²) in [5.41, 5.74) is 7.37. The van der Waals surface area contributed by atoms with Crippen molar-refractivity contribution in [2.45, 2.75) is 18.8 Å². The molecule has 0 radical (unpaired) electrons. The zero-order chi connectivity index (χ0) is 21.8. The number of hydrogen-bond donors (Lipinski definition) is 3. The number of nitrogens with zero attached hydrogens (tertiary/aromatic N) is 1. The number of para-hydroxylation sites is 1. The van der Waals surface area contributed by atoms with Crippen LogP contribution in [0.3, 0.4) is 0 Å². The molecule has 31 heavy (non-hydrogen) atoms. The maximum Gasteiger partial charge on any atom is 0.316 e. The van der Waals surface area contributed by atoms with Gasteiger partial charge in [-0.1, -0.05) is 42.5 Å². The molecule has 1 heterocycles. The second-order valence-corrected chi connectivity index (χ2v) is 8.59. The van der Waals surface area contributed by atoms with E-state index in [1.807, 2.05) is 61.5 Å². The summed E-state index contributed by atoms with van der Waals surface area (Å²) >= 11 is 1.61. The SMILES string of the molecule is CC(Cc1nc2ccccc2s1)(C(=O)Nc1ccc(NC(N)=O)cc1)c1ccccc1. The third kappa shape index (κ3) is 4.57. The largest absolute Gasteiger partial charge is 0.351 e. The minimum Gasteiger partial charge on any atom is -0.351 e. The van der Waals surface area contributed by atoms with E-state index in [1.54, 1.807) is 35.6 Å². The van der Waals surface area contributed by atoms with Crippen molar-refractivity contribution in [2.24, 2.45) is 5.73 Å². The highest BCUT2D eigenvalue weighted by molar-refractivity contribution is 7.18. The number of nitrogens with two attached hydrogens (primary N) is 1. The highest BCUT2D eigenvalue weighted by Crippen LogP contribution is 2.33. The molecule has 3 aromatic carbocycles. The van der Waals surface area contributed by atoms with Crippen molar-refractivity contribution in [3.8, 4) is 0 Å². The molecule has 0 aliphatic heterocycles. The van der Waals surface area contributed by atoms with Gasteiger partial charge in [-0.3, -0.25) is 4.79 Å². The number of rotatable bonds is 6. The lowest BCUT2D eigenvalue weighted by Crippen LogP contribution is -2.39. The predicted octanol–water partition coefficient (Wildman–Crippen LogP) is 4.93. The molecule has 4 rings (SSSR count). The van der Waals surface area contributed by atoms with Crippen LogP contribution in [-0.2, 0) is 16.6 Å². The van der Waals surface area contributed by atoms with Gasteiger partial charge in [-0.25, -0.2) is 9.78 Å². The van der Waals surface area contributed by atoms with Gasteiger partial charge in [0.15, 0.2) is 0 Å². The summed E-state index contributed by atoms with van der Waals surface area (Å²) in [6.45, 7) is 1.94. The van der Waals surface area contributed by atoms with E-state index in [2.05, 4.69) is 10.6 Å². The molecule has 3 amide bonds. The first-order chi connectivity index (χ1) is 14.9. The number of thiazole rings is 1. The summed E-state index contributed by atoms with van der Waals surface area (Å²) in [6, 6.07) is 23.9. The van der Waals surface area contributed by atoms with Crippen LogP contribution in [0.1, 0.15) is 17.5 Å². The summed E-state index contributed by atoms with van der Waals surface area (Å²) in [5, 5.41) is 6.42. The summed E-state index contributed by atoms with van der Waals surface area (Å²) in [5.74, 6) is -0.131. The highest BCUT2D eigenvalue weighted by Gasteiger charge is 2.36. The van der Waals surface area contributed by atoms with Crippen molar-refractivity contribution in [1.29, 1.82) is 0 Å². The monoisotopic (exact) mass is 430 g/mol. The Kier molecular flexibility index (Phi) is 5.68. The lowest BCUT2D eigenvalue weighted by atomic mass is 9.78. The quantitative estimate of drug-likeness (QED) is 0.405. The molecule has 0 fully saturated rings. The second-order valence-electron chi connectivity index (χ2n) is 7.47. The fourth-order valence-electron chi connectivity index (χ4n) is 3.47. The number of aromatic nitrogens is 1. The number of amides is 3. The van der Waals surface area contributed by atoms with E-state index in [1.165, 1.54) is 0 Å². The minimum absolute atomic E-state index is 0.131. The van der Waals surface area contributed by atoms with Gasteiger partial charge in [0.2, 0.25) is 5.91 Å². The zero-order valence-corrected chi connectivity index (χ0v) is 17.8. The highest BCUT2D eigenvalue weighted by atomic mass is 32.1. The Hall–Kier alpha value is -3.71. The van der Waals surface area contributed by atoms with Crippen LogP contribution in [0, 0.1) is 0 Å². The Balaban J connectivity index is 1.62. The van der Waals surface area contributed by atoms with Crippen molar-refractivity contribution >= 4 is 44.9 Å². The number of anilines is 2. The van der Waals surface area contributed by atoms with E-state index < -0.39 is 11.4 Å². The van der Waals surface area contributed by atoms with Crippen LogP contribution in [0.15, 0.2) is 78.9 Å². The molecular weight excluding hydrogens is 408 g/mol. The van der Waals surface area contributed by atoms with Crippen LogP contribution in [0.25, 0.3) is 10.2 Å². The number of carbonyl (C=O) groups excluding carboxylic acids is 2. The Morgan fingerprint density at radius 1 is 0.903 bits per heavy atom. The van der Waals surface area contributed by atoms with Gasteiger partial charge in [0.1, 0.15) is 0 Å². The van der Waals surface area contributed by atoms with Gasteiger partial charge >= 0.3 is 6.03 Å². The Morgan fingerprint density at radius 2 is 1.52 bits per heavy atom. The molecule has 7 heteroatoms. The van der Waals surface area contributed by atoms with Gasteiger partial charge in [-0.15, -0.1) is 11.3 Å². The van der Waals surface area contributed by atoms with Gasteiger partial charge in [-0.2, -0.15) is 0 Å². The van der Waals surface area contributed by atoms with Crippen LogP contribution >= 0.6 is 11.3 Å². The van der Waals surface area contributed by atoms with E-state index in [-0.39, 0.29) is 5.91 Å². The summed E-state index contributed by atoms with van der Waals surface area (Å²) < 4.78 is 1.10. The molecular formula is C24H22N4O2S. The van der Waals surface area contributed by atoms with Gasteiger partial charge in [0.25, 0.3) is 0 Å². The summed E-state index contributed by atoms with van der Waals surface area (Å²) in [6.07, 6.45) is 0.476. The van der Waals surface area contributed by atoms with Crippen LogP contribution in [0.2, 0.25) is 0 Å². The number of carbonyl (C=O) groups is 2. The van der Waals surface area contributed by atoms with Crippen LogP contribution < -0.4 is 16.4 Å². The average molecular weight is 431 g/mol. The molecule has 0 saturated carbocycles. The van der Waals surface area contributed by atoms with E-state index >= 15 is 0 Å². The lowest BCUT2D eigenvalue weighted by molar-refractivity contribution is -0.121. The Morgan fingerprint density at radius 3 is 2.16 bits per heavy atom. The van der Waals surface area contributed by atoms with Crippen molar-refractivity contribution in [2.75, 3.05) is 10.6 Å². The van der Waals surface area contributed by atoms with E-state index in [9.17, 15) is 9.59 Å². The molecule has 1 atom stereocenters. The first-order valence-electron chi connectivity index (χ1n) is 9.82. The molecule has 0 bridgehead atoms. The Bertz CT molecular complexity index is 1190. The maximum atomic E-state index is 13.5. The van der Waals surface area contributed by atoms with Gasteiger partial charge in [0.05, 0.1) is 20.6 Å². The predicted molar refractivity (Wildman–Crippen MR) is 125 cm³/mol. The third-order valence-corrected chi connectivity index (χ3v) is 6.20. The maximum absolute atomic E-state index is 13.5. The van der Waals surface area contributed by atoms with Crippen LogP contribution in [0.5, 0.6) is 0 Å². The molecule has 4 aromatic rings. The molecule has 0 saturated heterocycles. The van der Waals surface area contributed by atoms with Crippen molar-refractivity contribution in [3.05, 3.63) is 89.4 Å². The molecule has 0 aliphatic carbocycles. The molecule has 1 aromatic heterocycles. The van der Waals surface area contributed by atoms with E-state index in [0.29, 0.717) is 17.8 Å². The van der Waals surface area contributed by atoms with Crippen molar-refractivity contribution < 1.29 is 9.59 Å². The molecule has 1 unspecified atom stereocenters. The molecule has 6 nitrogen and oxygen atoms in total. The van der Waals surface area contributed by atoms with Crippen molar-refractivity contribution in [3.63, 3.8) is 0 Å². The average Bonchev–Trinajstić information content (AvgIpc) is 3.17.